The molecular weight excluding hydrogens is 344 g/mol. The molecule has 0 amide bonds. The molecule has 0 fully saturated rings. The first-order chi connectivity index (χ1) is 13.8. The van der Waals surface area contributed by atoms with Gasteiger partial charge in [0.15, 0.2) is 5.76 Å². The summed E-state index contributed by atoms with van der Waals surface area (Å²) in [6.07, 6.45) is 4.35. The zero-order valence-electron chi connectivity index (χ0n) is 15.7. The molecule has 3 aromatic carbocycles. The summed E-state index contributed by atoms with van der Waals surface area (Å²) in [6, 6.07) is 27.2. The molecular formula is C25H20N2O. The molecule has 28 heavy (non-hydrogen) atoms. The van der Waals surface area contributed by atoms with Crippen molar-refractivity contribution >= 4 is 23.5 Å². The highest BCUT2D eigenvalue weighted by molar-refractivity contribution is 5.88. The molecule has 1 aromatic heterocycles. The van der Waals surface area contributed by atoms with Crippen molar-refractivity contribution in [3.05, 3.63) is 101 Å². The molecule has 3 heteroatoms. The first-order valence-corrected chi connectivity index (χ1v) is 9.44. The van der Waals surface area contributed by atoms with Gasteiger partial charge in [0, 0.05) is 23.0 Å². The molecule has 1 aliphatic heterocycles. The van der Waals surface area contributed by atoms with Crippen molar-refractivity contribution in [2.45, 2.75) is 13.5 Å². The second-order valence-electron chi connectivity index (χ2n) is 7.09. The molecule has 0 saturated heterocycles. The molecule has 0 N–H and O–H groups in total. The van der Waals surface area contributed by atoms with E-state index in [1.165, 1.54) is 16.7 Å². The minimum Gasteiger partial charge on any atom is -0.359 e. The molecule has 4 aromatic rings. The summed E-state index contributed by atoms with van der Waals surface area (Å²) in [5.41, 5.74) is 7.87. The molecule has 2 heterocycles. The van der Waals surface area contributed by atoms with Crippen LogP contribution in [0.3, 0.4) is 0 Å². The van der Waals surface area contributed by atoms with Gasteiger partial charge in [-0.05, 0) is 36.2 Å². The van der Waals surface area contributed by atoms with E-state index >= 15 is 0 Å². The Balaban J connectivity index is 1.54. The average Bonchev–Trinajstić information content (AvgIpc) is 3.14. The number of para-hydroxylation sites is 2. The fourth-order valence-corrected chi connectivity index (χ4v) is 3.71. The van der Waals surface area contributed by atoms with Gasteiger partial charge in [-0.25, -0.2) is 0 Å². The van der Waals surface area contributed by atoms with Gasteiger partial charge in [0.25, 0.3) is 0 Å². The van der Waals surface area contributed by atoms with E-state index < -0.39 is 0 Å². The summed E-state index contributed by atoms with van der Waals surface area (Å²) in [4.78, 5) is 2.30. The Hall–Kier alpha value is -3.59. The molecule has 1 aliphatic rings. The van der Waals surface area contributed by atoms with Gasteiger partial charge in [0.1, 0.15) is 5.69 Å². The summed E-state index contributed by atoms with van der Waals surface area (Å²) in [6.45, 7) is 2.71. The van der Waals surface area contributed by atoms with Gasteiger partial charge in [-0.2, -0.15) is 0 Å². The van der Waals surface area contributed by atoms with Gasteiger partial charge in [-0.1, -0.05) is 77.5 Å². The Bertz CT molecular complexity index is 1120. The van der Waals surface area contributed by atoms with Crippen LogP contribution in [0.5, 0.6) is 0 Å². The third kappa shape index (κ3) is 3.01. The Morgan fingerprint density at radius 2 is 1.46 bits per heavy atom. The quantitative estimate of drug-likeness (QED) is 0.417. The summed E-state index contributed by atoms with van der Waals surface area (Å²) >= 11 is 0. The van der Waals surface area contributed by atoms with Gasteiger partial charge in [-0.3, -0.25) is 0 Å². The smallest absolute Gasteiger partial charge is 0.157 e. The Morgan fingerprint density at radius 1 is 0.786 bits per heavy atom. The molecule has 0 radical (unpaired) electrons. The predicted octanol–water partition coefficient (Wildman–Crippen LogP) is 6.47. The lowest BCUT2D eigenvalue weighted by Gasteiger charge is -2.25. The minimum absolute atomic E-state index is 0.620. The van der Waals surface area contributed by atoms with Crippen LogP contribution < -0.4 is 4.90 Å². The zero-order valence-corrected chi connectivity index (χ0v) is 15.7. The maximum absolute atomic E-state index is 5.72. The van der Waals surface area contributed by atoms with Gasteiger partial charge < -0.3 is 9.42 Å². The molecule has 136 valence electrons. The fourth-order valence-electron chi connectivity index (χ4n) is 3.71. The van der Waals surface area contributed by atoms with Crippen molar-refractivity contribution in [1.82, 2.24) is 5.16 Å². The highest BCUT2D eigenvalue weighted by Gasteiger charge is 2.19. The lowest BCUT2D eigenvalue weighted by atomic mass is 10.1. The number of aromatic nitrogens is 1. The predicted molar refractivity (Wildman–Crippen MR) is 114 cm³/mol. The van der Waals surface area contributed by atoms with Gasteiger partial charge >= 0.3 is 0 Å². The lowest BCUT2D eigenvalue weighted by molar-refractivity contribution is 0.386. The van der Waals surface area contributed by atoms with Crippen LogP contribution in [0.15, 0.2) is 83.4 Å². The third-order valence-electron chi connectivity index (χ3n) is 5.08. The Morgan fingerprint density at radius 3 is 2.14 bits per heavy atom. The number of benzene rings is 3. The van der Waals surface area contributed by atoms with Gasteiger partial charge in [0.05, 0.1) is 6.54 Å². The molecule has 5 rings (SSSR count). The first kappa shape index (κ1) is 16.6. The molecule has 0 spiro atoms. The standard InChI is InChI=1S/C25H20N2O/c1-18-7-6-10-21(15-18)23-16-22(28-26-23)17-27-24-11-4-2-8-19(24)13-14-20-9-3-5-12-25(20)27/h2-16H,17H2,1H3. The van der Waals surface area contributed by atoms with E-state index in [4.69, 9.17) is 4.52 Å². The van der Waals surface area contributed by atoms with E-state index in [-0.39, 0.29) is 0 Å². The highest BCUT2D eigenvalue weighted by atomic mass is 16.5. The van der Waals surface area contributed by atoms with Crippen LogP contribution in [0, 0.1) is 6.92 Å². The maximum Gasteiger partial charge on any atom is 0.157 e. The Labute approximate surface area is 164 Å². The third-order valence-corrected chi connectivity index (χ3v) is 5.08. The summed E-state index contributed by atoms with van der Waals surface area (Å²) in [7, 11) is 0. The number of rotatable bonds is 3. The minimum atomic E-state index is 0.620. The van der Waals surface area contributed by atoms with Crippen LogP contribution in [-0.4, -0.2) is 5.16 Å². The summed E-state index contributed by atoms with van der Waals surface area (Å²) < 4.78 is 5.72. The maximum atomic E-state index is 5.72. The number of anilines is 2. The van der Waals surface area contributed by atoms with E-state index in [0.717, 1.165) is 28.4 Å². The van der Waals surface area contributed by atoms with Crippen molar-refractivity contribution in [2.24, 2.45) is 0 Å². The number of hydrogen-bond donors (Lipinski definition) is 0. The largest absolute Gasteiger partial charge is 0.359 e. The average molecular weight is 364 g/mol. The van der Waals surface area contributed by atoms with Crippen LogP contribution >= 0.6 is 0 Å². The van der Waals surface area contributed by atoms with Crippen molar-refractivity contribution in [3.63, 3.8) is 0 Å². The first-order valence-electron chi connectivity index (χ1n) is 9.44. The number of hydrogen-bond acceptors (Lipinski definition) is 3. The normalized spacial score (nSPS) is 12.4. The molecule has 0 bridgehead atoms. The van der Waals surface area contributed by atoms with Crippen LogP contribution in [0.2, 0.25) is 0 Å². The van der Waals surface area contributed by atoms with Gasteiger partial charge in [-0.15, -0.1) is 0 Å². The highest BCUT2D eigenvalue weighted by Crippen LogP contribution is 2.37. The summed E-state index contributed by atoms with van der Waals surface area (Å²) in [5.74, 6) is 0.836. The molecule has 0 atom stereocenters. The zero-order chi connectivity index (χ0) is 18.9. The van der Waals surface area contributed by atoms with Crippen molar-refractivity contribution in [2.75, 3.05) is 4.90 Å². The topological polar surface area (TPSA) is 29.3 Å². The molecule has 0 unspecified atom stereocenters. The van der Waals surface area contributed by atoms with Crippen molar-refractivity contribution < 1.29 is 4.52 Å². The molecule has 0 aliphatic carbocycles. The number of fused-ring (bicyclic) bond motifs is 2. The van der Waals surface area contributed by atoms with E-state index in [0.29, 0.717) is 6.54 Å². The van der Waals surface area contributed by atoms with Crippen molar-refractivity contribution in [3.8, 4) is 11.3 Å². The fraction of sp³-hybridized carbons (Fsp3) is 0.0800. The SMILES string of the molecule is Cc1cccc(-c2cc(CN3c4ccccc4C=Cc4ccccc43)on2)c1. The van der Waals surface area contributed by atoms with Crippen LogP contribution in [0.4, 0.5) is 11.4 Å². The van der Waals surface area contributed by atoms with E-state index in [1.807, 2.05) is 12.1 Å². The molecule has 0 saturated carbocycles. The summed E-state index contributed by atoms with van der Waals surface area (Å²) in [5, 5.41) is 4.31. The van der Waals surface area contributed by atoms with Crippen LogP contribution in [0.1, 0.15) is 22.5 Å². The second kappa shape index (κ2) is 6.86. The van der Waals surface area contributed by atoms with Crippen LogP contribution in [0.25, 0.3) is 23.4 Å². The van der Waals surface area contributed by atoms with E-state index in [1.54, 1.807) is 0 Å². The van der Waals surface area contributed by atoms with E-state index in [2.05, 4.69) is 95.9 Å². The lowest BCUT2D eigenvalue weighted by Crippen LogP contribution is -2.17. The number of aryl methyl sites for hydroxylation is 1. The van der Waals surface area contributed by atoms with Crippen molar-refractivity contribution in [1.29, 1.82) is 0 Å². The molecule has 3 nitrogen and oxygen atoms in total. The van der Waals surface area contributed by atoms with Crippen LogP contribution in [-0.2, 0) is 6.54 Å². The second-order valence-corrected chi connectivity index (χ2v) is 7.09. The monoisotopic (exact) mass is 364 g/mol. The Kier molecular flexibility index (Phi) is 4.06. The number of nitrogens with zero attached hydrogens (tertiary/aromatic N) is 2. The van der Waals surface area contributed by atoms with Gasteiger partial charge in [0.2, 0.25) is 0 Å². The van der Waals surface area contributed by atoms with E-state index in [9.17, 15) is 0 Å².